The Bertz CT molecular complexity index is 532. The van der Waals surface area contributed by atoms with E-state index >= 15 is 0 Å². The number of ether oxygens (including phenoxy) is 1. The fourth-order valence-corrected chi connectivity index (χ4v) is 1.98. The Kier molecular flexibility index (Phi) is 4.09. The van der Waals surface area contributed by atoms with Crippen LogP contribution in [0.4, 0.5) is 0 Å². The average Bonchev–Trinajstić information content (AvgIpc) is 2.79. The van der Waals surface area contributed by atoms with Crippen molar-refractivity contribution in [3.63, 3.8) is 0 Å². The van der Waals surface area contributed by atoms with Crippen molar-refractivity contribution in [3.05, 3.63) is 18.3 Å². The molecule has 0 saturated heterocycles. The Morgan fingerprint density at radius 1 is 1.47 bits per heavy atom. The van der Waals surface area contributed by atoms with Crippen molar-refractivity contribution in [2.45, 2.75) is 33.1 Å². The molecule has 0 amide bonds. The van der Waals surface area contributed by atoms with Crippen LogP contribution in [0.25, 0.3) is 11.2 Å². The molecular weight excluding hydrogens is 244 g/mol. The molecule has 2 aromatic rings. The van der Waals surface area contributed by atoms with Crippen LogP contribution in [0.3, 0.4) is 0 Å². The summed E-state index contributed by atoms with van der Waals surface area (Å²) < 4.78 is 5.12. The highest BCUT2D eigenvalue weighted by Crippen LogP contribution is 2.24. The van der Waals surface area contributed by atoms with Gasteiger partial charge in [-0.1, -0.05) is 13.8 Å². The van der Waals surface area contributed by atoms with Crippen molar-refractivity contribution in [2.75, 3.05) is 6.61 Å². The van der Waals surface area contributed by atoms with Gasteiger partial charge in [0.1, 0.15) is 23.6 Å². The van der Waals surface area contributed by atoms with Crippen molar-refractivity contribution in [1.29, 1.82) is 0 Å². The number of imidazole rings is 1. The summed E-state index contributed by atoms with van der Waals surface area (Å²) in [6.45, 7) is 6.30. The number of hydrogen-bond donors (Lipinski definition) is 1. The number of fused-ring (bicyclic) bond motifs is 1. The molecule has 19 heavy (non-hydrogen) atoms. The topological polar surface area (TPSA) is 80.8 Å². The first-order chi connectivity index (χ1) is 9.11. The molecule has 2 aromatic heterocycles. The summed E-state index contributed by atoms with van der Waals surface area (Å²) in [5, 5.41) is 0. The van der Waals surface area contributed by atoms with E-state index in [0.29, 0.717) is 30.4 Å². The van der Waals surface area contributed by atoms with E-state index in [1.54, 1.807) is 13.1 Å². The number of carbonyl (C=O) groups is 1. The number of nitrogens with one attached hydrogen (secondary N) is 1. The van der Waals surface area contributed by atoms with Crippen LogP contribution in [0.15, 0.2) is 12.5 Å². The van der Waals surface area contributed by atoms with Crippen molar-refractivity contribution < 1.29 is 9.53 Å². The molecule has 0 bridgehead atoms. The van der Waals surface area contributed by atoms with Crippen LogP contribution in [-0.4, -0.2) is 32.5 Å². The molecule has 1 atom stereocenters. The highest BCUT2D eigenvalue weighted by atomic mass is 16.5. The average molecular weight is 262 g/mol. The molecule has 0 radical (unpaired) electrons. The quantitative estimate of drug-likeness (QED) is 0.834. The second-order valence-electron chi connectivity index (χ2n) is 4.82. The molecule has 1 unspecified atom stereocenters. The lowest BCUT2D eigenvalue weighted by molar-refractivity contribution is -0.145. The molecule has 0 fully saturated rings. The largest absolute Gasteiger partial charge is 0.465 e. The molecule has 6 nitrogen and oxygen atoms in total. The van der Waals surface area contributed by atoms with Crippen LogP contribution < -0.4 is 0 Å². The predicted molar refractivity (Wildman–Crippen MR) is 70.5 cm³/mol. The summed E-state index contributed by atoms with van der Waals surface area (Å²) >= 11 is 0. The Balaban J connectivity index is 2.33. The first-order valence-electron chi connectivity index (χ1n) is 6.44. The standard InChI is InChI=1S/C13H18N4O2/c1-4-19-13(18)9(5-8(2)3)11-16-10-6-14-7-15-12(10)17-11/h6-9H,4-5H2,1-3H3,(H,14,15,16,17). The maximum atomic E-state index is 12.0. The van der Waals surface area contributed by atoms with E-state index in [1.165, 1.54) is 6.33 Å². The lowest BCUT2D eigenvalue weighted by atomic mass is 9.96. The molecule has 1 N–H and O–H groups in total. The van der Waals surface area contributed by atoms with E-state index in [0.717, 1.165) is 5.52 Å². The van der Waals surface area contributed by atoms with Gasteiger partial charge < -0.3 is 9.72 Å². The highest BCUT2D eigenvalue weighted by Gasteiger charge is 2.26. The summed E-state index contributed by atoms with van der Waals surface area (Å²) in [5.41, 5.74) is 1.30. The number of nitrogens with zero attached hydrogens (tertiary/aromatic N) is 3. The molecule has 102 valence electrons. The SMILES string of the molecule is CCOC(=O)C(CC(C)C)c1nc2ncncc2[nH]1. The van der Waals surface area contributed by atoms with E-state index in [1.807, 2.05) is 0 Å². The molecule has 0 aliphatic rings. The second-order valence-corrected chi connectivity index (χ2v) is 4.82. The number of esters is 1. The molecule has 0 spiro atoms. The fourth-order valence-electron chi connectivity index (χ4n) is 1.98. The Hall–Kier alpha value is -1.98. The molecule has 0 saturated carbocycles. The van der Waals surface area contributed by atoms with E-state index in [9.17, 15) is 4.79 Å². The predicted octanol–water partition coefficient (Wildman–Crippen LogP) is 2.05. The molecule has 6 heteroatoms. The van der Waals surface area contributed by atoms with Gasteiger partial charge in [-0.25, -0.2) is 15.0 Å². The van der Waals surface area contributed by atoms with Crippen LogP contribution in [-0.2, 0) is 9.53 Å². The smallest absolute Gasteiger partial charge is 0.316 e. The first-order valence-corrected chi connectivity index (χ1v) is 6.44. The number of aromatic amines is 1. The van der Waals surface area contributed by atoms with Crippen LogP contribution in [0.1, 0.15) is 38.9 Å². The number of rotatable bonds is 5. The molecule has 0 aromatic carbocycles. The van der Waals surface area contributed by atoms with Gasteiger partial charge in [0.2, 0.25) is 0 Å². The van der Waals surface area contributed by atoms with Crippen molar-refractivity contribution in [2.24, 2.45) is 5.92 Å². The minimum Gasteiger partial charge on any atom is -0.465 e. The van der Waals surface area contributed by atoms with E-state index < -0.39 is 0 Å². The molecule has 2 rings (SSSR count). The van der Waals surface area contributed by atoms with E-state index in [2.05, 4.69) is 33.8 Å². The molecule has 0 aliphatic carbocycles. The Morgan fingerprint density at radius 3 is 2.89 bits per heavy atom. The zero-order chi connectivity index (χ0) is 13.8. The van der Waals surface area contributed by atoms with Gasteiger partial charge in [0, 0.05) is 0 Å². The van der Waals surface area contributed by atoms with Gasteiger partial charge in [-0.05, 0) is 19.3 Å². The highest BCUT2D eigenvalue weighted by molar-refractivity contribution is 5.79. The number of aromatic nitrogens is 4. The normalized spacial score (nSPS) is 12.8. The maximum Gasteiger partial charge on any atom is 0.316 e. The van der Waals surface area contributed by atoms with Crippen molar-refractivity contribution in [3.8, 4) is 0 Å². The van der Waals surface area contributed by atoms with Gasteiger partial charge in [-0.3, -0.25) is 4.79 Å². The van der Waals surface area contributed by atoms with Gasteiger partial charge in [0.25, 0.3) is 0 Å². The number of hydrogen-bond acceptors (Lipinski definition) is 5. The zero-order valence-corrected chi connectivity index (χ0v) is 11.4. The molecule has 2 heterocycles. The third-order valence-electron chi connectivity index (χ3n) is 2.79. The Morgan fingerprint density at radius 2 is 2.26 bits per heavy atom. The fraction of sp³-hybridized carbons (Fsp3) is 0.538. The summed E-state index contributed by atoms with van der Waals surface area (Å²) in [5.74, 6) is 0.341. The maximum absolute atomic E-state index is 12.0. The van der Waals surface area contributed by atoms with Crippen LogP contribution in [0, 0.1) is 5.92 Å². The van der Waals surface area contributed by atoms with E-state index in [4.69, 9.17) is 4.74 Å². The van der Waals surface area contributed by atoms with Crippen molar-refractivity contribution in [1.82, 2.24) is 19.9 Å². The minimum atomic E-state index is -0.380. The van der Waals surface area contributed by atoms with Gasteiger partial charge >= 0.3 is 5.97 Å². The summed E-state index contributed by atoms with van der Waals surface area (Å²) in [6.07, 6.45) is 3.78. The van der Waals surface area contributed by atoms with Gasteiger partial charge in [-0.2, -0.15) is 0 Å². The van der Waals surface area contributed by atoms with Crippen LogP contribution in [0.5, 0.6) is 0 Å². The van der Waals surface area contributed by atoms with Crippen molar-refractivity contribution >= 4 is 17.1 Å². The Labute approximate surface area is 111 Å². The summed E-state index contributed by atoms with van der Waals surface area (Å²) in [4.78, 5) is 27.5. The van der Waals surface area contributed by atoms with Crippen LogP contribution in [0.2, 0.25) is 0 Å². The molecule has 0 aliphatic heterocycles. The monoisotopic (exact) mass is 262 g/mol. The molecular formula is C13H18N4O2. The zero-order valence-electron chi connectivity index (χ0n) is 11.4. The van der Waals surface area contributed by atoms with Gasteiger partial charge in [0.15, 0.2) is 5.65 Å². The summed E-state index contributed by atoms with van der Waals surface area (Å²) in [7, 11) is 0. The van der Waals surface area contributed by atoms with Gasteiger partial charge in [-0.15, -0.1) is 0 Å². The van der Waals surface area contributed by atoms with E-state index in [-0.39, 0.29) is 11.9 Å². The number of carbonyl (C=O) groups excluding carboxylic acids is 1. The first kappa shape index (κ1) is 13.5. The second kappa shape index (κ2) is 5.77. The summed E-state index contributed by atoms with van der Waals surface area (Å²) in [6, 6.07) is 0. The van der Waals surface area contributed by atoms with Crippen LogP contribution >= 0.6 is 0 Å². The lowest BCUT2D eigenvalue weighted by Crippen LogP contribution is -2.19. The van der Waals surface area contributed by atoms with Gasteiger partial charge in [0.05, 0.1) is 12.8 Å². The number of H-pyrrole nitrogens is 1. The third-order valence-corrected chi connectivity index (χ3v) is 2.79. The lowest BCUT2D eigenvalue weighted by Gasteiger charge is -2.15. The minimum absolute atomic E-state index is 0.247. The third kappa shape index (κ3) is 3.07.